The van der Waals surface area contributed by atoms with Gasteiger partial charge in [0, 0.05) is 28.9 Å². The van der Waals surface area contributed by atoms with Crippen molar-refractivity contribution >= 4 is 26.6 Å². The summed E-state index contributed by atoms with van der Waals surface area (Å²) in [6.45, 7) is 0.246. The Kier molecular flexibility index (Phi) is 5.56. The number of benzene rings is 2. The van der Waals surface area contributed by atoms with Gasteiger partial charge in [-0.15, -0.1) is 0 Å². The Labute approximate surface area is 192 Å². The van der Waals surface area contributed by atoms with Crippen LogP contribution < -0.4 is 0 Å². The van der Waals surface area contributed by atoms with E-state index in [0.717, 1.165) is 27.8 Å². The van der Waals surface area contributed by atoms with Gasteiger partial charge in [0.25, 0.3) is 0 Å². The van der Waals surface area contributed by atoms with Gasteiger partial charge >= 0.3 is 0 Å². The maximum Gasteiger partial charge on any atom is 0.227 e. The van der Waals surface area contributed by atoms with Gasteiger partial charge in [-0.25, -0.2) is 8.42 Å². The van der Waals surface area contributed by atoms with Gasteiger partial charge in [0.2, 0.25) is 5.91 Å². The highest BCUT2D eigenvalue weighted by atomic mass is 32.2. The second kappa shape index (κ2) is 8.67. The molecule has 0 bridgehead atoms. The van der Waals surface area contributed by atoms with Crippen LogP contribution in [0.25, 0.3) is 16.6 Å². The van der Waals surface area contributed by atoms with Crippen LogP contribution in [-0.4, -0.2) is 40.6 Å². The molecule has 2 aromatic heterocycles. The minimum atomic E-state index is -3.30. The van der Waals surface area contributed by atoms with Crippen LogP contribution in [0.2, 0.25) is 0 Å². The van der Waals surface area contributed by atoms with Crippen LogP contribution in [0, 0.1) is 0 Å². The van der Waals surface area contributed by atoms with Crippen molar-refractivity contribution in [2.24, 2.45) is 0 Å². The lowest BCUT2D eigenvalue weighted by Gasteiger charge is -2.27. The Balaban J connectivity index is 1.38. The normalized spacial score (nSPS) is 16.8. The summed E-state index contributed by atoms with van der Waals surface area (Å²) < 4.78 is 26.1. The van der Waals surface area contributed by atoms with E-state index in [1.54, 1.807) is 11.0 Å². The first-order valence-electron chi connectivity index (χ1n) is 10.7. The monoisotopic (exact) mass is 457 g/mol. The standard InChI is InChI=1S/C26H23N3O3S/c30-26(17-20-7-11-23(12-8-20)28-14-3-4-15-28)29(24-13-16-33(31,32)19-24)18-22-10-9-21-5-1-2-6-25(21)27-22/h1-16,24H,17-19H2. The number of sulfone groups is 1. The minimum absolute atomic E-state index is 0.0983. The highest BCUT2D eigenvalue weighted by Crippen LogP contribution is 2.21. The lowest BCUT2D eigenvalue weighted by atomic mass is 10.1. The van der Waals surface area contributed by atoms with Crippen LogP contribution in [0.4, 0.5) is 0 Å². The Morgan fingerprint density at radius 3 is 2.45 bits per heavy atom. The van der Waals surface area contributed by atoms with Crippen molar-refractivity contribution in [3.8, 4) is 5.69 Å². The average molecular weight is 458 g/mol. The molecule has 1 unspecified atom stereocenters. The highest BCUT2D eigenvalue weighted by molar-refractivity contribution is 7.94. The molecule has 7 heteroatoms. The summed E-state index contributed by atoms with van der Waals surface area (Å²) in [5.41, 5.74) is 3.45. The van der Waals surface area contributed by atoms with E-state index < -0.39 is 15.9 Å². The number of carbonyl (C=O) groups excluding carboxylic acids is 1. The summed E-state index contributed by atoms with van der Waals surface area (Å²) >= 11 is 0. The van der Waals surface area contributed by atoms with Crippen molar-refractivity contribution in [2.45, 2.75) is 19.0 Å². The Morgan fingerprint density at radius 1 is 0.970 bits per heavy atom. The Bertz CT molecular complexity index is 1430. The molecule has 2 aromatic carbocycles. The average Bonchev–Trinajstić information content (AvgIpc) is 3.47. The third-order valence-electron chi connectivity index (χ3n) is 5.81. The molecule has 4 aromatic rings. The summed E-state index contributed by atoms with van der Waals surface area (Å²) in [5, 5.41) is 2.22. The van der Waals surface area contributed by atoms with Crippen LogP contribution in [0.1, 0.15) is 11.3 Å². The van der Waals surface area contributed by atoms with Gasteiger partial charge in [-0.3, -0.25) is 9.78 Å². The molecule has 0 saturated carbocycles. The second-order valence-corrected chi connectivity index (χ2v) is 10.1. The molecule has 5 rings (SSSR count). The fraction of sp³-hybridized carbons (Fsp3) is 0.154. The number of rotatable bonds is 6. The van der Waals surface area contributed by atoms with Crippen LogP contribution in [0.5, 0.6) is 0 Å². The van der Waals surface area contributed by atoms with Crippen molar-refractivity contribution in [2.75, 3.05) is 5.75 Å². The summed E-state index contributed by atoms with van der Waals surface area (Å²) in [7, 11) is -3.30. The van der Waals surface area contributed by atoms with E-state index in [1.807, 2.05) is 89.8 Å². The summed E-state index contributed by atoms with van der Waals surface area (Å²) in [6.07, 6.45) is 5.71. The molecule has 1 amide bonds. The van der Waals surface area contributed by atoms with Gasteiger partial charge in [0.05, 0.1) is 36.0 Å². The van der Waals surface area contributed by atoms with Gasteiger partial charge in [-0.1, -0.05) is 36.4 Å². The molecule has 33 heavy (non-hydrogen) atoms. The van der Waals surface area contributed by atoms with Gasteiger partial charge in [-0.05, 0) is 48.0 Å². The predicted octanol–water partition coefficient (Wildman–Crippen LogP) is 3.91. The molecule has 1 aliphatic heterocycles. The SMILES string of the molecule is O=C(Cc1ccc(-n2cccc2)cc1)N(Cc1ccc2ccccc2n1)C1C=CS(=O)(=O)C1. The molecule has 0 saturated heterocycles. The number of aromatic nitrogens is 2. The van der Waals surface area contributed by atoms with Crippen molar-refractivity contribution in [1.29, 1.82) is 0 Å². The van der Waals surface area contributed by atoms with Crippen LogP contribution >= 0.6 is 0 Å². The number of pyridine rings is 1. The number of amides is 1. The number of hydrogen-bond donors (Lipinski definition) is 0. The number of para-hydroxylation sites is 1. The topological polar surface area (TPSA) is 72.3 Å². The number of hydrogen-bond acceptors (Lipinski definition) is 4. The lowest BCUT2D eigenvalue weighted by molar-refractivity contribution is -0.132. The summed E-state index contributed by atoms with van der Waals surface area (Å²) in [5.74, 6) is -0.232. The Hall–Kier alpha value is -3.71. The maximum absolute atomic E-state index is 13.4. The van der Waals surface area contributed by atoms with Crippen LogP contribution in [0.3, 0.4) is 0 Å². The predicted molar refractivity (Wildman–Crippen MR) is 128 cm³/mol. The van der Waals surface area contributed by atoms with Crippen molar-refractivity contribution in [3.63, 3.8) is 0 Å². The van der Waals surface area contributed by atoms with Crippen molar-refractivity contribution in [3.05, 3.63) is 108 Å². The van der Waals surface area contributed by atoms with Gasteiger partial charge in [0.15, 0.2) is 9.84 Å². The van der Waals surface area contributed by atoms with Gasteiger partial charge < -0.3 is 9.47 Å². The number of nitrogens with zero attached hydrogens (tertiary/aromatic N) is 3. The second-order valence-electron chi connectivity index (χ2n) is 8.18. The third-order valence-corrected chi connectivity index (χ3v) is 7.19. The maximum atomic E-state index is 13.4. The molecule has 1 atom stereocenters. The van der Waals surface area contributed by atoms with Gasteiger partial charge in [-0.2, -0.15) is 0 Å². The molecular formula is C26H23N3O3S. The fourth-order valence-electron chi connectivity index (χ4n) is 4.08. The molecule has 0 fully saturated rings. The largest absolute Gasteiger partial charge is 0.329 e. The molecule has 3 heterocycles. The number of fused-ring (bicyclic) bond motifs is 1. The highest BCUT2D eigenvalue weighted by Gasteiger charge is 2.30. The zero-order valence-electron chi connectivity index (χ0n) is 17.9. The van der Waals surface area contributed by atoms with E-state index in [-0.39, 0.29) is 24.6 Å². The first-order valence-corrected chi connectivity index (χ1v) is 12.5. The van der Waals surface area contributed by atoms with E-state index in [9.17, 15) is 13.2 Å². The molecule has 166 valence electrons. The molecule has 0 aliphatic carbocycles. The van der Waals surface area contributed by atoms with Crippen LogP contribution in [0.15, 0.2) is 96.7 Å². The zero-order chi connectivity index (χ0) is 22.8. The zero-order valence-corrected chi connectivity index (χ0v) is 18.7. The molecule has 0 spiro atoms. The molecule has 6 nitrogen and oxygen atoms in total. The first kappa shape index (κ1) is 21.2. The van der Waals surface area contributed by atoms with Gasteiger partial charge in [0.1, 0.15) is 0 Å². The smallest absolute Gasteiger partial charge is 0.227 e. The minimum Gasteiger partial charge on any atom is -0.329 e. The fourth-order valence-corrected chi connectivity index (χ4v) is 5.38. The summed E-state index contributed by atoms with van der Waals surface area (Å²) in [4.78, 5) is 19.7. The first-order chi connectivity index (χ1) is 16.0. The van der Waals surface area contributed by atoms with Crippen molar-refractivity contribution < 1.29 is 13.2 Å². The molecule has 0 N–H and O–H groups in total. The number of carbonyl (C=O) groups is 1. The summed E-state index contributed by atoms with van der Waals surface area (Å²) in [6, 6.07) is 22.9. The molecule has 1 aliphatic rings. The lowest BCUT2D eigenvalue weighted by Crippen LogP contribution is -2.41. The quantitative estimate of drug-likeness (QED) is 0.440. The van der Waals surface area contributed by atoms with E-state index in [4.69, 9.17) is 0 Å². The van der Waals surface area contributed by atoms with E-state index in [2.05, 4.69) is 4.98 Å². The third kappa shape index (κ3) is 4.73. The van der Waals surface area contributed by atoms with Crippen molar-refractivity contribution in [1.82, 2.24) is 14.5 Å². The molecular weight excluding hydrogens is 434 g/mol. The van der Waals surface area contributed by atoms with E-state index in [0.29, 0.717) is 0 Å². The van der Waals surface area contributed by atoms with E-state index in [1.165, 1.54) is 5.41 Å². The Morgan fingerprint density at radius 2 is 1.73 bits per heavy atom. The molecule has 0 radical (unpaired) electrons. The van der Waals surface area contributed by atoms with Crippen LogP contribution in [-0.2, 0) is 27.6 Å². The van der Waals surface area contributed by atoms with E-state index >= 15 is 0 Å².